The van der Waals surface area contributed by atoms with Crippen molar-refractivity contribution in [2.45, 2.75) is 67.5 Å². The summed E-state index contributed by atoms with van der Waals surface area (Å²) in [6.07, 6.45) is -17.0. The molecule has 16 nitrogen and oxygen atoms in total. The van der Waals surface area contributed by atoms with Crippen LogP contribution in [0.4, 0.5) is 0 Å². The van der Waals surface area contributed by atoms with Crippen LogP contribution in [0.2, 0.25) is 0 Å². The van der Waals surface area contributed by atoms with Gasteiger partial charge in [0.05, 0.1) is 18.8 Å². The molecule has 3 heterocycles. The number of phenols is 4. The quantitative estimate of drug-likeness (QED) is 0.146. The van der Waals surface area contributed by atoms with Crippen molar-refractivity contribution in [3.05, 3.63) is 47.2 Å². The molecule has 0 amide bonds. The van der Waals surface area contributed by atoms with Gasteiger partial charge in [-0.2, -0.15) is 0 Å². The first kappa shape index (κ1) is 31.0. The molecule has 5 rings (SSSR count). The van der Waals surface area contributed by atoms with E-state index < -0.39 is 98.0 Å². The lowest BCUT2D eigenvalue weighted by molar-refractivity contribution is -0.364. The second-order valence-electron chi connectivity index (χ2n) is 10.3. The van der Waals surface area contributed by atoms with Crippen LogP contribution in [0.1, 0.15) is 17.2 Å². The van der Waals surface area contributed by atoms with E-state index >= 15 is 0 Å². The summed E-state index contributed by atoms with van der Waals surface area (Å²) in [5.74, 6) is -1.83. The zero-order valence-electron chi connectivity index (χ0n) is 22.2. The van der Waals surface area contributed by atoms with Crippen LogP contribution in [0, 0.1) is 0 Å². The third-order valence-electron chi connectivity index (χ3n) is 7.41. The van der Waals surface area contributed by atoms with Gasteiger partial charge < -0.3 is 79.9 Å². The molecule has 3 aliphatic rings. The summed E-state index contributed by atoms with van der Waals surface area (Å²) in [4.78, 5) is 0. The first-order valence-corrected chi connectivity index (χ1v) is 13.1. The van der Waals surface area contributed by atoms with E-state index in [9.17, 15) is 56.2 Å². The molecule has 0 aromatic heterocycles. The minimum atomic E-state index is -1.89. The highest BCUT2D eigenvalue weighted by Gasteiger charge is 2.52. The Hall–Kier alpha value is -3.42. The van der Waals surface area contributed by atoms with Crippen LogP contribution in [0.15, 0.2) is 36.1 Å². The molecule has 2 saturated heterocycles. The molecular formula is C27H32O16. The summed E-state index contributed by atoms with van der Waals surface area (Å²) >= 11 is 0. The largest absolute Gasteiger partial charge is 0.508 e. The molecule has 0 radical (unpaired) electrons. The van der Waals surface area contributed by atoms with Crippen molar-refractivity contribution in [2.75, 3.05) is 13.2 Å². The molecule has 0 spiro atoms. The van der Waals surface area contributed by atoms with Crippen LogP contribution in [-0.2, 0) is 18.9 Å². The first-order chi connectivity index (χ1) is 20.4. The van der Waals surface area contributed by atoms with Gasteiger partial charge in [0.1, 0.15) is 65.7 Å². The van der Waals surface area contributed by atoms with Crippen LogP contribution < -0.4 is 4.74 Å². The molecule has 236 valence electrons. The SMILES string of the molecule is OC[C@H]1O[C@@H](O[C@H]2[C@H](OC3=Cc4c(O)cc(O)cc4OC3c3ccc(O)c(O)c3)O[C@H](CO)[C@@H](O)[C@@H]2O)[C@H](O)[C@@H](O)[C@H]1O. The molecule has 1 unspecified atom stereocenters. The monoisotopic (exact) mass is 612 g/mol. The molecule has 0 bridgehead atoms. The van der Waals surface area contributed by atoms with Gasteiger partial charge in [-0.25, -0.2) is 0 Å². The van der Waals surface area contributed by atoms with Gasteiger partial charge in [0.25, 0.3) is 0 Å². The van der Waals surface area contributed by atoms with Crippen molar-refractivity contribution in [3.8, 4) is 28.7 Å². The number of phenolic OH excluding ortho intramolecular Hbond substituents is 4. The molecule has 2 fully saturated rings. The fourth-order valence-electron chi connectivity index (χ4n) is 5.04. The van der Waals surface area contributed by atoms with E-state index in [1.807, 2.05) is 0 Å². The summed E-state index contributed by atoms with van der Waals surface area (Å²) in [6, 6.07) is 5.95. The topological polar surface area (TPSA) is 269 Å². The maximum atomic E-state index is 11.0. The van der Waals surface area contributed by atoms with E-state index in [-0.39, 0.29) is 28.4 Å². The van der Waals surface area contributed by atoms with Crippen molar-refractivity contribution in [1.29, 1.82) is 0 Å². The maximum absolute atomic E-state index is 11.0. The van der Waals surface area contributed by atoms with Crippen molar-refractivity contribution in [2.24, 2.45) is 0 Å². The zero-order valence-corrected chi connectivity index (χ0v) is 22.2. The average molecular weight is 613 g/mol. The van der Waals surface area contributed by atoms with E-state index in [1.54, 1.807) is 0 Å². The summed E-state index contributed by atoms with van der Waals surface area (Å²) in [5.41, 5.74) is 0.255. The minimum Gasteiger partial charge on any atom is -0.508 e. The van der Waals surface area contributed by atoms with Crippen molar-refractivity contribution in [1.82, 2.24) is 0 Å². The predicted molar refractivity (Wildman–Crippen MR) is 138 cm³/mol. The molecule has 3 aliphatic heterocycles. The van der Waals surface area contributed by atoms with Crippen molar-refractivity contribution >= 4 is 6.08 Å². The standard InChI is InChI=1S/C27H32O16/c28-7-17-19(34)21(36)23(38)26(41-17)43-25-22(37)20(35)18(8-29)42-27(25)40-16-6-11-13(32)4-10(30)5-15(11)39-24(16)9-1-2-12(31)14(33)3-9/h1-6,17-38H,7-8H2/t17-,18-,19+,20-,21+,22+,23-,24?,25-,26+,27-/m1/s1. The molecule has 11 N–H and O–H groups in total. The Labute approximate surface area is 243 Å². The van der Waals surface area contributed by atoms with E-state index in [4.69, 9.17) is 23.7 Å². The van der Waals surface area contributed by atoms with Crippen LogP contribution in [0.5, 0.6) is 28.7 Å². The number of fused-ring (bicyclic) bond motifs is 1. The van der Waals surface area contributed by atoms with Crippen LogP contribution in [0.3, 0.4) is 0 Å². The van der Waals surface area contributed by atoms with Gasteiger partial charge >= 0.3 is 0 Å². The van der Waals surface area contributed by atoms with E-state index in [2.05, 4.69) is 0 Å². The van der Waals surface area contributed by atoms with E-state index in [0.29, 0.717) is 0 Å². The molecule has 11 atom stereocenters. The lowest BCUT2D eigenvalue weighted by atomic mass is 9.97. The lowest BCUT2D eigenvalue weighted by Gasteiger charge is -2.46. The van der Waals surface area contributed by atoms with Gasteiger partial charge in [-0.3, -0.25) is 0 Å². The maximum Gasteiger partial charge on any atom is 0.229 e. The number of aliphatic hydroxyl groups is 7. The smallest absolute Gasteiger partial charge is 0.229 e. The predicted octanol–water partition coefficient (Wildman–Crippen LogP) is -2.38. The summed E-state index contributed by atoms with van der Waals surface area (Å²) in [5, 5.41) is 112. The summed E-state index contributed by atoms with van der Waals surface area (Å²) < 4.78 is 28.7. The summed E-state index contributed by atoms with van der Waals surface area (Å²) in [6.45, 7) is -1.55. The fraction of sp³-hybridized carbons (Fsp3) is 0.481. The number of aliphatic hydroxyl groups excluding tert-OH is 7. The lowest BCUT2D eigenvalue weighted by Crippen LogP contribution is -2.64. The fourth-order valence-corrected chi connectivity index (χ4v) is 5.04. The van der Waals surface area contributed by atoms with Gasteiger partial charge in [0, 0.05) is 17.7 Å². The molecule has 2 aromatic rings. The second kappa shape index (κ2) is 12.3. The highest BCUT2D eigenvalue weighted by atomic mass is 16.8. The molecule has 2 aromatic carbocycles. The molecule has 43 heavy (non-hydrogen) atoms. The van der Waals surface area contributed by atoms with Crippen molar-refractivity contribution < 1.29 is 79.9 Å². The Kier molecular flexibility index (Phi) is 8.87. The highest BCUT2D eigenvalue weighted by Crippen LogP contribution is 2.45. The minimum absolute atomic E-state index is 0.00443. The van der Waals surface area contributed by atoms with Gasteiger partial charge in [-0.1, -0.05) is 6.07 Å². The molecule has 16 heteroatoms. The van der Waals surface area contributed by atoms with Gasteiger partial charge in [-0.05, 0) is 18.2 Å². The molecule has 0 saturated carbocycles. The number of benzene rings is 2. The summed E-state index contributed by atoms with van der Waals surface area (Å²) in [7, 11) is 0. The van der Waals surface area contributed by atoms with E-state index in [1.165, 1.54) is 24.3 Å². The van der Waals surface area contributed by atoms with Crippen LogP contribution >= 0.6 is 0 Å². The zero-order chi connectivity index (χ0) is 31.2. The highest BCUT2D eigenvalue weighted by molar-refractivity contribution is 5.69. The normalized spacial score (nSPS) is 35.9. The van der Waals surface area contributed by atoms with E-state index in [0.717, 1.165) is 12.1 Å². The second-order valence-corrected chi connectivity index (χ2v) is 10.3. The molecular weight excluding hydrogens is 580 g/mol. The number of rotatable bonds is 7. The Bertz CT molecular complexity index is 1330. The van der Waals surface area contributed by atoms with Gasteiger partial charge in [0.15, 0.2) is 30.0 Å². The van der Waals surface area contributed by atoms with Crippen LogP contribution in [0.25, 0.3) is 6.08 Å². The van der Waals surface area contributed by atoms with Crippen LogP contribution in [-0.4, -0.2) is 131 Å². The Morgan fingerprint density at radius 2 is 1.33 bits per heavy atom. The Morgan fingerprint density at radius 3 is 1.98 bits per heavy atom. The van der Waals surface area contributed by atoms with Gasteiger partial charge in [-0.15, -0.1) is 0 Å². The van der Waals surface area contributed by atoms with Crippen molar-refractivity contribution in [3.63, 3.8) is 0 Å². The average Bonchev–Trinajstić information content (AvgIpc) is 2.98. The number of aromatic hydroxyl groups is 4. The Balaban J connectivity index is 1.52. The van der Waals surface area contributed by atoms with Gasteiger partial charge in [0.2, 0.25) is 6.29 Å². The number of hydrogen-bond donors (Lipinski definition) is 11. The third kappa shape index (κ3) is 5.89. The molecule has 0 aliphatic carbocycles. The number of hydrogen-bond acceptors (Lipinski definition) is 16. The third-order valence-corrected chi connectivity index (χ3v) is 7.41. The Morgan fingerprint density at radius 1 is 0.674 bits per heavy atom. The first-order valence-electron chi connectivity index (χ1n) is 13.1. The number of ether oxygens (including phenoxy) is 5.